The molecule has 0 saturated carbocycles. The second kappa shape index (κ2) is 1.90. The van der Waals surface area contributed by atoms with E-state index < -0.39 is 12.0 Å². The van der Waals surface area contributed by atoms with Gasteiger partial charge in [-0.3, -0.25) is 4.90 Å². The van der Waals surface area contributed by atoms with Crippen LogP contribution >= 0.6 is 0 Å². The average Bonchev–Trinajstić information content (AvgIpc) is 1.97. The molecule has 0 spiro atoms. The van der Waals surface area contributed by atoms with E-state index in [0.29, 0.717) is 6.54 Å². The van der Waals surface area contributed by atoms with Gasteiger partial charge in [0, 0.05) is 13.0 Å². The van der Waals surface area contributed by atoms with Crippen molar-refractivity contribution >= 4 is 0 Å². The third kappa shape index (κ3) is 1.06. The molecule has 0 aromatic carbocycles. The summed E-state index contributed by atoms with van der Waals surface area (Å²) in [7, 11) is 1.73. The second-order valence-electron chi connectivity index (χ2n) is 2.67. The molecule has 1 atom stereocenters. The molecule has 0 aliphatic carbocycles. The van der Waals surface area contributed by atoms with Crippen molar-refractivity contribution in [3.05, 3.63) is 0 Å². The molecule has 0 radical (unpaired) electrons. The highest BCUT2D eigenvalue weighted by Gasteiger charge is 2.43. The van der Waals surface area contributed by atoms with Crippen molar-refractivity contribution in [1.82, 2.24) is 4.90 Å². The van der Waals surface area contributed by atoms with E-state index in [1.165, 1.54) is 0 Å². The van der Waals surface area contributed by atoms with Gasteiger partial charge in [0.15, 0.2) is 0 Å². The molecule has 0 unspecified atom stereocenters. The molecule has 0 aromatic rings. The smallest absolute Gasteiger partial charge is 0.264 e. The minimum absolute atomic E-state index is 0.0185. The molecule has 1 rings (SSSR count). The Morgan fingerprint density at radius 2 is 2.11 bits per heavy atom. The predicted octanol–water partition coefficient (Wildman–Crippen LogP) is 1.35. The number of alkyl halides is 2. The van der Waals surface area contributed by atoms with Crippen LogP contribution in [-0.4, -0.2) is 30.5 Å². The fourth-order valence-corrected chi connectivity index (χ4v) is 1.05. The van der Waals surface area contributed by atoms with E-state index in [1.54, 1.807) is 18.9 Å². The van der Waals surface area contributed by atoms with Gasteiger partial charge < -0.3 is 0 Å². The molecule has 0 amide bonds. The summed E-state index contributed by atoms with van der Waals surface area (Å²) < 4.78 is 25.1. The van der Waals surface area contributed by atoms with Gasteiger partial charge in [-0.05, 0) is 14.0 Å². The molecule has 1 fully saturated rings. The van der Waals surface area contributed by atoms with Crippen LogP contribution in [0.25, 0.3) is 0 Å². The highest BCUT2D eigenvalue weighted by Crippen LogP contribution is 2.31. The summed E-state index contributed by atoms with van der Waals surface area (Å²) in [4.78, 5) is 1.68. The summed E-state index contributed by atoms with van der Waals surface area (Å²) in [5.41, 5.74) is 0. The number of hydrogen-bond acceptors (Lipinski definition) is 1. The zero-order valence-electron chi connectivity index (χ0n) is 5.69. The fraction of sp³-hybridized carbons (Fsp3) is 1.00. The van der Waals surface area contributed by atoms with Gasteiger partial charge in [0.25, 0.3) is 5.92 Å². The molecule has 1 nitrogen and oxygen atoms in total. The van der Waals surface area contributed by atoms with E-state index in [4.69, 9.17) is 0 Å². The molecule has 54 valence electrons. The van der Waals surface area contributed by atoms with E-state index in [1.807, 2.05) is 0 Å². The number of hydrogen-bond donors (Lipinski definition) is 0. The number of rotatable bonds is 0. The van der Waals surface area contributed by atoms with Crippen molar-refractivity contribution in [3.8, 4) is 0 Å². The van der Waals surface area contributed by atoms with Gasteiger partial charge in [0.05, 0.1) is 6.04 Å². The van der Waals surface area contributed by atoms with Crippen molar-refractivity contribution in [2.24, 2.45) is 0 Å². The lowest BCUT2D eigenvalue weighted by Crippen LogP contribution is -2.33. The number of halogens is 2. The summed E-state index contributed by atoms with van der Waals surface area (Å²) >= 11 is 0. The monoisotopic (exact) mass is 135 g/mol. The Morgan fingerprint density at radius 1 is 1.56 bits per heavy atom. The van der Waals surface area contributed by atoms with Crippen molar-refractivity contribution in [3.63, 3.8) is 0 Å². The zero-order valence-corrected chi connectivity index (χ0v) is 5.69. The van der Waals surface area contributed by atoms with Gasteiger partial charge in [-0.1, -0.05) is 0 Å². The lowest BCUT2D eigenvalue weighted by molar-refractivity contribution is -0.0219. The van der Waals surface area contributed by atoms with Gasteiger partial charge in [0.1, 0.15) is 0 Å². The summed E-state index contributed by atoms with van der Waals surface area (Å²) in [6.07, 6.45) is 0.0185. The lowest BCUT2D eigenvalue weighted by Gasteiger charge is -2.18. The molecule has 1 heterocycles. The molecule has 1 aliphatic heterocycles. The van der Waals surface area contributed by atoms with Crippen molar-refractivity contribution in [2.45, 2.75) is 25.3 Å². The van der Waals surface area contributed by atoms with E-state index in [9.17, 15) is 8.78 Å². The van der Waals surface area contributed by atoms with E-state index in [-0.39, 0.29) is 6.42 Å². The Labute approximate surface area is 53.6 Å². The van der Waals surface area contributed by atoms with Gasteiger partial charge in [-0.25, -0.2) is 8.78 Å². The Hall–Kier alpha value is -0.180. The van der Waals surface area contributed by atoms with E-state index in [2.05, 4.69) is 0 Å². The highest BCUT2D eigenvalue weighted by atomic mass is 19.3. The van der Waals surface area contributed by atoms with Gasteiger partial charge >= 0.3 is 0 Å². The van der Waals surface area contributed by atoms with Crippen LogP contribution < -0.4 is 0 Å². The number of likely N-dealkylation sites (tertiary alicyclic amines) is 1. The zero-order chi connectivity index (χ0) is 7.07. The lowest BCUT2D eigenvalue weighted by atomic mass is 10.2. The largest absolute Gasteiger partial charge is 0.298 e. The quantitative estimate of drug-likeness (QED) is 0.484. The second-order valence-corrected chi connectivity index (χ2v) is 2.67. The Balaban J connectivity index is 2.62. The van der Waals surface area contributed by atoms with Crippen molar-refractivity contribution in [2.75, 3.05) is 13.6 Å². The van der Waals surface area contributed by atoms with Crippen LogP contribution in [-0.2, 0) is 0 Å². The molecular formula is C6H11F2N. The van der Waals surface area contributed by atoms with Crippen LogP contribution in [0.4, 0.5) is 8.78 Å². The van der Waals surface area contributed by atoms with Crippen LogP contribution in [0, 0.1) is 0 Å². The molecule has 0 bridgehead atoms. The molecule has 3 heteroatoms. The molecule has 1 aliphatic rings. The van der Waals surface area contributed by atoms with Crippen molar-refractivity contribution in [1.29, 1.82) is 0 Å². The first kappa shape index (κ1) is 6.93. The van der Waals surface area contributed by atoms with Crippen molar-refractivity contribution < 1.29 is 8.78 Å². The fourth-order valence-electron chi connectivity index (χ4n) is 1.05. The van der Waals surface area contributed by atoms with Crippen LogP contribution in [0.5, 0.6) is 0 Å². The summed E-state index contributed by atoms with van der Waals surface area (Å²) in [6, 6.07) is -0.572. The maximum Gasteiger partial charge on any atom is 0.264 e. The van der Waals surface area contributed by atoms with Gasteiger partial charge in [-0.2, -0.15) is 0 Å². The number of nitrogens with zero attached hydrogens (tertiary/aromatic N) is 1. The molecular weight excluding hydrogens is 124 g/mol. The van der Waals surface area contributed by atoms with Crippen LogP contribution in [0.3, 0.4) is 0 Å². The third-order valence-electron chi connectivity index (χ3n) is 2.07. The average molecular weight is 135 g/mol. The maximum absolute atomic E-state index is 12.5. The Bertz CT molecular complexity index is 114. The minimum atomic E-state index is -2.45. The SMILES string of the molecule is C[C@@H]1N(C)CCC1(F)F. The standard InChI is InChI=1S/C6H11F2N/c1-5-6(7,8)3-4-9(5)2/h5H,3-4H2,1-2H3/t5-/m0/s1. The first-order chi connectivity index (χ1) is 4.04. The third-order valence-corrected chi connectivity index (χ3v) is 2.07. The van der Waals surface area contributed by atoms with Crippen LogP contribution in [0.2, 0.25) is 0 Å². The Kier molecular flexibility index (Phi) is 1.47. The molecule has 1 saturated heterocycles. The first-order valence-corrected chi connectivity index (χ1v) is 3.12. The predicted molar refractivity (Wildman–Crippen MR) is 31.7 cm³/mol. The molecule has 0 aromatic heterocycles. The van der Waals surface area contributed by atoms with E-state index in [0.717, 1.165) is 0 Å². The maximum atomic E-state index is 12.5. The van der Waals surface area contributed by atoms with Gasteiger partial charge in [-0.15, -0.1) is 0 Å². The normalized spacial score (nSPS) is 35.3. The molecule has 0 N–H and O–H groups in total. The van der Waals surface area contributed by atoms with Crippen LogP contribution in [0.1, 0.15) is 13.3 Å². The van der Waals surface area contributed by atoms with Crippen LogP contribution in [0.15, 0.2) is 0 Å². The summed E-state index contributed by atoms with van der Waals surface area (Å²) in [5, 5.41) is 0. The Morgan fingerprint density at radius 3 is 2.22 bits per heavy atom. The van der Waals surface area contributed by atoms with E-state index >= 15 is 0 Å². The first-order valence-electron chi connectivity index (χ1n) is 3.12. The topological polar surface area (TPSA) is 3.24 Å². The van der Waals surface area contributed by atoms with Gasteiger partial charge in [0.2, 0.25) is 0 Å². The summed E-state index contributed by atoms with van der Waals surface area (Å²) in [5.74, 6) is -2.45. The highest BCUT2D eigenvalue weighted by molar-refractivity contribution is 4.87. The minimum Gasteiger partial charge on any atom is -0.298 e. The summed E-state index contributed by atoms with van der Waals surface area (Å²) in [6.45, 7) is 2.08. The molecule has 9 heavy (non-hydrogen) atoms.